The Bertz CT molecular complexity index is 792. The van der Waals surface area contributed by atoms with Gasteiger partial charge in [-0.3, -0.25) is 4.79 Å². The fourth-order valence-electron chi connectivity index (χ4n) is 1.88. The van der Waals surface area contributed by atoms with Gasteiger partial charge in [0.15, 0.2) is 5.82 Å². The largest absolute Gasteiger partial charge is 0.337 e. The number of aromatic nitrogens is 2. The van der Waals surface area contributed by atoms with Crippen LogP contribution in [0, 0.1) is 0 Å². The number of H-pyrrole nitrogens is 1. The fraction of sp³-hybridized carbons (Fsp3) is 0. The lowest BCUT2D eigenvalue weighted by Gasteiger charge is -1.99. The molecule has 1 amide bonds. The number of para-hydroxylation sites is 2. The van der Waals surface area contributed by atoms with Crippen molar-refractivity contribution in [2.45, 2.75) is 0 Å². The molecule has 0 saturated carbocycles. The number of amides is 1. The SMILES string of the molecule is O=C(NN=Cc1nc2ccccc2[nH]1)c1cccc(Cl)c1. The van der Waals surface area contributed by atoms with Gasteiger partial charge in [0, 0.05) is 10.6 Å². The van der Waals surface area contributed by atoms with E-state index in [1.807, 2.05) is 24.3 Å². The van der Waals surface area contributed by atoms with Crippen molar-refractivity contribution >= 4 is 34.8 Å². The zero-order chi connectivity index (χ0) is 14.7. The molecule has 0 bridgehead atoms. The number of nitrogens with zero attached hydrogens (tertiary/aromatic N) is 2. The average Bonchev–Trinajstić information content (AvgIpc) is 2.89. The molecule has 1 aromatic heterocycles. The molecule has 0 unspecified atom stereocenters. The number of rotatable bonds is 3. The Morgan fingerprint density at radius 2 is 2.10 bits per heavy atom. The first kappa shape index (κ1) is 13.3. The van der Waals surface area contributed by atoms with Crippen LogP contribution in [0.3, 0.4) is 0 Å². The van der Waals surface area contributed by atoms with Crippen molar-refractivity contribution in [3.8, 4) is 0 Å². The molecule has 104 valence electrons. The molecule has 3 rings (SSSR count). The second-order valence-electron chi connectivity index (χ2n) is 4.35. The highest BCUT2D eigenvalue weighted by Gasteiger charge is 2.04. The number of halogens is 1. The third kappa shape index (κ3) is 3.09. The van der Waals surface area contributed by atoms with Crippen molar-refractivity contribution in [1.82, 2.24) is 15.4 Å². The molecule has 0 radical (unpaired) electrons. The van der Waals surface area contributed by atoms with Crippen molar-refractivity contribution in [3.63, 3.8) is 0 Å². The Morgan fingerprint density at radius 3 is 2.90 bits per heavy atom. The summed E-state index contributed by atoms with van der Waals surface area (Å²) in [7, 11) is 0. The first-order valence-corrected chi connectivity index (χ1v) is 6.64. The minimum Gasteiger partial charge on any atom is -0.337 e. The number of hydrogen-bond donors (Lipinski definition) is 2. The summed E-state index contributed by atoms with van der Waals surface area (Å²) < 4.78 is 0. The summed E-state index contributed by atoms with van der Waals surface area (Å²) >= 11 is 5.83. The van der Waals surface area contributed by atoms with Crippen LogP contribution in [0.5, 0.6) is 0 Å². The van der Waals surface area contributed by atoms with Crippen LogP contribution in [0.4, 0.5) is 0 Å². The molecule has 0 aliphatic heterocycles. The van der Waals surface area contributed by atoms with E-state index >= 15 is 0 Å². The van der Waals surface area contributed by atoms with E-state index < -0.39 is 0 Å². The summed E-state index contributed by atoms with van der Waals surface area (Å²) in [5, 5.41) is 4.39. The first-order chi connectivity index (χ1) is 10.2. The number of hydrazone groups is 1. The molecule has 2 N–H and O–H groups in total. The molecule has 0 fully saturated rings. The van der Waals surface area contributed by atoms with Crippen molar-refractivity contribution in [2.75, 3.05) is 0 Å². The summed E-state index contributed by atoms with van der Waals surface area (Å²) in [6, 6.07) is 14.3. The lowest BCUT2D eigenvalue weighted by atomic mass is 10.2. The lowest BCUT2D eigenvalue weighted by molar-refractivity contribution is 0.0955. The minimum atomic E-state index is -0.329. The number of imidazole rings is 1. The standard InChI is InChI=1S/C15H11ClN4O/c16-11-5-3-4-10(8-11)15(21)20-17-9-14-18-12-6-1-2-7-13(12)19-14/h1-9H,(H,18,19)(H,20,21). The monoisotopic (exact) mass is 298 g/mol. The maximum absolute atomic E-state index is 11.8. The molecule has 1 heterocycles. The second-order valence-corrected chi connectivity index (χ2v) is 4.79. The van der Waals surface area contributed by atoms with Gasteiger partial charge in [-0.25, -0.2) is 10.4 Å². The van der Waals surface area contributed by atoms with E-state index in [1.54, 1.807) is 24.3 Å². The molecule has 3 aromatic rings. The third-order valence-electron chi connectivity index (χ3n) is 2.85. The van der Waals surface area contributed by atoms with Crippen molar-refractivity contribution in [3.05, 3.63) is 64.9 Å². The van der Waals surface area contributed by atoms with Crippen LogP contribution in [0.15, 0.2) is 53.6 Å². The molecule has 21 heavy (non-hydrogen) atoms. The Hall–Kier alpha value is -2.66. The molecule has 0 atom stereocenters. The quantitative estimate of drug-likeness (QED) is 0.576. The maximum atomic E-state index is 11.8. The molecule has 0 aliphatic rings. The van der Waals surface area contributed by atoms with Crippen molar-refractivity contribution < 1.29 is 4.79 Å². The summed E-state index contributed by atoms with van der Waals surface area (Å²) in [6.07, 6.45) is 1.46. The van der Waals surface area contributed by atoms with E-state index in [1.165, 1.54) is 6.21 Å². The highest BCUT2D eigenvalue weighted by Crippen LogP contribution is 2.10. The topological polar surface area (TPSA) is 70.1 Å². The normalized spacial score (nSPS) is 11.1. The zero-order valence-electron chi connectivity index (χ0n) is 10.9. The van der Waals surface area contributed by atoms with E-state index in [4.69, 9.17) is 11.6 Å². The fourth-order valence-corrected chi connectivity index (χ4v) is 2.07. The number of benzene rings is 2. The van der Waals surface area contributed by atoms with Crippen molar-refractivity contribution in [2.24, 2.45) is 5.10 Å². The van der Waals surface area contributed by atoms with Crippen LogP contribution in [-0.2, 0) is 0 Å². The number of carbonyl (C=O) groups is 1. The predicted molar refractivity (Wildman–Crippen MR) is 82.6 cm³/mol. The molecule has 2 aromatic carbocycles. The molecular weight excluding hydrogens is 288 g/mol. The van der Waals surface area contributed by atoms with Crippen LogP contribution < -0.4 is 5.43 Å². The van der Waals surface area contributed by atoms with Crippen LogP contribution >= 0.6 is 11.6 Å². The summed E-state index contributed by atoms with van der Waals surface area (Å²) in [5.74, 6) is 0.243. The second kappa shape index (κ2) is 5.76. The average molecular weight is 299 g/mol. The Kier molecular flexibility index (Phi) is 3.66. The van der Waals surface area contributed by atoms with Gasteiger partial charge in [0.25, 0.3) is 5.91 Å². The number of nitrogens with one attached hydrogen (secondary N) is 2. The summed E-state index contributed by atoms with van der Waals surface area (Å²) in [5.41, 5.74) is 4.64. The first-order valence-electron chi connectivity index (χ1n) is 6.26. The Morgan fingerprint density at radius 1 is 1.24 bits per heavy atom. The van der Waals surface area contributed by atoms with Crippen LogP contribution in [0.2, 0.25) is 5.02 Å². The Balaban J connectivity index is 1.70. The smallest absolute Gasteiger partial charge is 0.271 e. The molecular formula is C15H11ClN4O. The van der Waals surface area contributed by atoms with Gasteiger partial charge in [0.1, 0.15) is 0 Å². The van der Waals surface area contributed by atoms with E-state index in [0.29, 0.717) is 16.4 Å². The maximum Gasteiger partial charge on any atom is 0.271 e. The van der Waals surface area contributed by atoms with Gasteiger partial charge in [-0.2, -0.15) is 5.10 Å². The predicted octanol–water partition coefficient (Wildman–Crippen LogP) is 2.98. The van der Waals surface area contributed by atoms with E-state index in [2.05, 4.69) is 20.5 Å². The molecule has 0 saturated heterocycles. The molecule has 0 aliphatic carbocycles. The zero-order valence-corrected chi connectivity index (χ0v) is 11.6. The number of hydrogen-bond acceptors (Lipinski definition) is 3. The highest BCUT2D eigenvalue weighted by molar-refractivity contribution is 6.30. The molecule has 0 spiro atoms. The van der Waals surface area contributed by atoms with Gasteiger partial charge in [-0.1, -0.05) is 29.8 Å². The van der Waals surface area contributed by atoms with Gasteiger partial charge in [0.05, 0.1) is 17.2 Å². The number of fused-ring (bicyclic) bond motifs is 1. The third-order valence-corrected chi connectivity index (χ3v) is 3.08. The van der Waals surface area contributed by atoms with E-state index in [-0.39, 0.29) is 5.91 Å². The van der Waals surface area contributed by atoms with Crippen LogP contribution in [0.1, 0.15) is 16.2 Å². The highest BCUT2D eigenvalue weighted by atomic mass is 35.5. The molecule has 5 nitrogen and oxygen atoms in total. The summed E-state index contributed by atoms with van der Waals surface area (Å²) in [6.45, 7) is 0. The van der Waals surface area contributed by atoms with Gasteiger partial charge < -0.3 is 4.98 Å². The minimum absolute atomic E-state index is 0.329. The van der Waals surface area contributed by atoms with Gasteiger partial charge in [-0.15, -0.1) is 0 Å². The lowest BCUT2D eigenvalue weighted by Crippen LogP contribution is -2.17. The van der Waals surface area contributed by atoms with Gasteiger partial charge >= 0.3 is 0 Å². The van der Waals surface area contributed by atoms with Crippen LogP contribution in [0.25, 0.3) is 11.0 Å². The van der Waals surface area contributed by atoms with E-state index in [0.717, 1.165) is 11.0 Å². The van der Waals surface area contributed by atoms with Gasteiger partial charge in [-0.05, 0) is 30.3 Å². The van der Waals surface area contributed by atoms with Crippen LogP contribution in [-0.4, -0.2) is 22.1 Å². The number of carbonyl (C=O) groups excluding carboxylic acids is 1. The number of aromatic amines is 1. The van der Waals surface area contributed by atoms with E-state index in [9.17, 15) is 4.79 Å². The van der Waals surface area contributed by atoms with Crippen molar-refractivity contribution in [1.29, 1.82) is 0 Å². The Labute approximate surface area is 125 Å². The molecule has 6 heteroatoms. The van der Waals surface area contributed by atoms with Gasteiger partial charge in [0.2, 0.25) is 0 Å². The summed E-state index contributed by atoms with van der Waals surface area (Å²) in [4.78, 5) is 19.2.